The predicted molar refractivity (Wildman–Crippen MR) is 38.6 cm³/mol. The lowest BCUT2D eigenvalue weighted by molar-refractivity contribution is 0.263. The molecular weight excluding hydrogens is 96.1 g/mol. The maximum atomic E-state index is 3.85. The average Bonchev–Trinajstić information content (AvgIpc) is 1.62. The van der Waals surface area contributed by atoms with Crippen molar-refractivity contribution in [1.29, 1.82) is 0 Å². The van der Waals surface area contributed by atoms with Gasteiger partial charge in [-0.2, -0.15) is 0 Å². The second-order valence-electron chi connectivity index (χ2n) is 3.56. The average molecular weight is 113 g/mol. The lowest BCUT2D eigenvalue weighted by atomic mass is 9.81. The van der Waals surface area contributed by atoms with Crippen LogP contribution >= 0.6 is 0 Å². The van der Waals surface area contributed by atoms with Crippen molar-refractivity contribution in [2.45, 2.75) is 34.1 Å². The summed E-state index contributed by atoms with van der Waals surface area (Å²) in [4.78, 5) is 0. The maximum Gasteiger partial charge on any atom is -0.0357 e. The van der Waals surface area contributed by atoms with Gasteiger partial charge in [-0.05, 0) is 11.3 Å². The first kappa shape index (κ1) is 8.00. The van der Waals surface area contributed by atoms with E-state index in [1.54, 1.807) is 0 Å². The first-order valence-electron chi connectivity index (χ1n) is 3.27. The van der Waals surface area contributed by atoms with Crippen molar-refractivity contribution >= 4 is 0 Å². The first-order valence-corrected chi connectivity index (χ1v) is 3.27. The monoisotopic (exact) mass is 113 g/mol. The maximum absolute atomic E-state index is 3.85. The summed E-state index contributed by atoms with van der Waals surface area (Å²) in [5.41, 5.74) is 0.446. The van der Waals surface area contributed by atoms with Crippen molar-refractivity contribution in [1.82, 2.24) is 0 Å². The Morgan fingerprint density at radius 3 is 1.75 bits per heavy atom. The molecule has 0 aromatic carbocycles. The third-order valence-electron chi connectivity index (χ3n) is 1.91. The Bertz CT molecular complexity index is 56.9. The summed E-state index contributed by atoms with van der Waals surface area (Å²) in [6.07, 6.45) is 1.05. The number of hydrogen-bond donors (Lipinski definition) is 0. The Kier molecular flexibility index (Phi) is 2.52. The molecule has 0 fully saturated rings. The van der Waals surface area contributed by atoms with E-state index in [0.717, 1.165) is 12.3 Å². The highest BCUT2D eigenvalue weighted by atomic mass is 14.2. The molecule has 0 saturated carbocycles. The van der Waals surface area contributed by atoms with Crippen LogP contribution in [0, 0.1) is 18.3 Å². The lowest BCUT2D eigenvalue weighted by Gasteiger charge is -2.25. The molecule has 1 unspecified atom stereocenters. The third-order valence-corrected chi connectivity index (χ3v) is 1.91. The van der Waals surface area contributed by atoms with Gasteiger partial charge in [-0.1, -0.05) is 41.0 Å². The smallest absolute Gasteiger partial charge is 0.0357 e. The molecule has 0 saturated heterocycles. The van der Waals surface area contributed by atoms with E-state index in [1.165, 1.54) is 0 Å². The summed E-state index contributed by atoms with van der Waals surface area (Å²) in [6, 6.07) is 0. The highest BCUT2D eigenvalue weighted by Gasteiger charge is 2.16. The SMILES string of the molecule is [CH2]CC(C)C(C)(C)C. The van der Waals surface area contributed by atoms with E-state index in [2.05, 4.69) is 34.6 Å². The second kappa shape index (κ2) is 2.52. The van der Waals surface area contributed by atoms with Gasteiger partial charge in [-0.3, -0.25) is 0 Å². The standard InChI is InChI=1S/C8H17/c1-6-7(2)8(3,4)5/h7H,1,6H2,2-5H3. The molecule has 0 nitrogen and oxygen atoms in total. The largest absolute Gasteiger partial charge is 0.0620 e. The van der Waals surface area contributed by atoms with Gasteiger partial charge in [0.25, 0.3) is 0 Å². The fourth-order valence-electron chi connectivity index (χ4n) is 0.433. The molecule has 1 radical (unpaired) electrons. The van der Waals surface area contributed by atoms with E-state index >= 15 is 0 Å². The Morgan fingerprint density at radius 2 is 1.75 bits per heavy atom. The molecule has 0 aromatic heterocycles. The molecule has 0 heterocycles. The Morgan fingerprint density at radius 1 is 1.38 bits per heavy atom. The highest BCUT2D eigenvalue weighted by molar-refractivity contribution is 4.69. The molecule has 0 rings (SSSR count). The van der Waals surface area contributed by atoms with E-state index in [0.29, 0.717) is 5.41 Å². The molecule has 49 valence electrons. The first-order chi connectivity index (χ1) is 3.48. The van der Waals surface area contributed by atoms with Crippen molar-refractivity contribution in [2.24, 2.45) is 11.3 Å². The summed E-state index contributed by atoms with van der Waals surface area (Å²) in [5, 5.41) is 0. The molecule has 0 aliphatic rings. The molecule has 0 aliphatic carbocycles. The van der Waals surface area contributed by atoms with Gasteiger partial charge in [0.2, 0.25) is 0 Å². The van der Waals surface area contributed by atoms with Gasteiger partial charge >= 0.3 is 0 Å². The molecule has 8 heavy (non-hydrogen) atoms. The topological polar surface area (TPSA) is 0 Å². The van der Waals surface area contributed by atoms with E-state index in [1.807, 2.05) is 0 Å². The summed E-state index contributed by atoms with van der Waals surface area (Å²) < 4.78 is 0. The van der Waals surface area contributed by atoms with E-state index < -0.39 is 0 Å². The van der Waals surface area contributed by atoms with Crippen LogP contribution in [0.2, 0.25) is 0 Å². The Balaban J connectivity index is 3.62. The van der Waals surface area contributed by atoms with E-state index in [-0.39, 0.29) is 0 Å². The van der Waals surface area contributed by atoms with Crippen LogP contribution in [0.1, 0.15) is 34.1 Å². The highest BCUT2D eigenvalue weighted by Crippen LogP contribution is 2.26. The fourth-order valence-corrected chi connectivity index (χ4v) is 0.433. The fraction of sp³-hybridized carbons (Fsp3) is 0.875. The van der Waals surface area contributed by atoms with Crippen LogP contribution in [0.3, 0.4) is 0 Å². The zero-order chi connectivity index (χ0) is 6.78. The van der Waals surface area contributed by atoms with Crippen LogP contribution < -0.4 is 0 Å². The Hall–Kier alpha value is 0. The van der Waals surface area contributed by atoms with Gasteiger partial charge in [-0.25, -0.2) is 0 Å². The lowest BCUT2D eigenvalue weighted by Crippen LogP contribution is -2.15. The van der Waals surface area contributed by atoms with Crippen LogP contribution in [0.5, 0.6) is 0 Å². The van der Waals surface area contributed by atoms with Crippen molar-refractivity contribution < 1.29 is 0 Å². The van der Waals surface area contributed by atoms with Crippen molar-refractivity contribution in [3.05, 3.63) is 6.92 Å². The van der Waals surface area contributed by atoms with Gasteiger partial charge in [-0.15, -0.1) is 0 Å². The molecule has 1 atom stereocenters. The minimum absolute atomic E-state index is 0.446. The zero-order valence-corrected chi connectivity index (χ0v) is 6.49. The Labute approximate surface area is 53.3 Å². The van der Waals surface area contributed by atoms with Crippen molar-refractivity contribution in [2.75, 3.05) is 0 Å². The molecular formula is C8H17. The molecule has 0 heteroatoms. The predicted octanol–water partition coefficient (Wildman–Crippen LogP) is 2.89. The van der Waals surface area contributed by atoms with Crippen LogP contribution in [0.15, 0.2) is 0 Å². The zero-order valence-electron chi connectivity index (χ0n) is 6.49. The summed E-state index contributed by atoms with van der Waals surface area (Å²) in [5.74, 6) is 0.738. The number of hydrogen-bond acceptors (Lipinski definition) is 0. The summed E-state index contributed by atoms with van der Waals surface area (Å²) in [6.45, 7) is 12.9. The van der Waals surface area contributed by atoms with E-state index in [9.17, 15) is 0 Å². The van der Waals surface area contributed by atoms with Gasteiger partial charge in [0, 0.05) is 0 Å². The van der Waals surface area contributed by atoms with Crippen LogP contribution in [0.4, 0.5) is 0 Å². The molecule has 0 spiro atoms. The molecule has 0 bridgehead atoms. The van der Waals surface area contributed by atoms with Gasteiger partial charge in [0.15, 0.2) is 0 Å². The minimum Gasteiger partial charge on any atom is -0.0620 e. The van der Waals surface area contributed by atoms with Crippen molar-refractivity contribution in [3.8, 4) is 0 Å². The molecule has 0 N–H and O–H groups in total. The van der Waals surface area contributed by atoms with Crippen molar-refractivity contribution in [3.63, 3.8) is 0 Å². The minimum atomic E-state index is 0.446. The summed E-state index contributed by atoms with van der Waals surface area (Å²) >= 11 is 0. The molecule has 0 amide bonds. The number of rotatable bonds is 1. The third kappa shape index (κ3) is 2.34. The van der Waals surface area contributed by atoms with Gasteiger partial charge in [0.05, 0.1) is 0 Å². The van der Waals surface area contributed by atoms with Crippen LogP contribution in [-0.2, 0) is 0 Å². The second-order valence-corrected chi connectivity index (χ2v) is 3.56. The molecule has 0 aromatic rings. The van der Waals surface area contributed by atoms with Crippen LogP contribution in [-0.4, -0.2) is 0 Å². The normalized spacial score (nSPS) is 16.1. The van der Waals surface area contributed by atoms with Crippen LogP contribution in [0.25, 0.3) is 0 Å². The van der Waals surface area contributed by atoms with E-state index in [4.69, 9.17) is 0 Å². The molecule has 0 aliphatic heterocycles. The van der Waals surface area contributed by atoms with Gasteiger partial charge < -0.3 is 0 Å². The van der Waals surface area contributed by atoms with Gasteiger partial charge in [0.1, 0.15) is 0 Å². The quantitative estimate of drug-likeness (QED) is 0.490. The summed E-state index contributed by atoms with van der Waals surface area (Å²) in [7, 11) is 0.